The van der Waals surface area contributed by atoms with Crippen molar-refractivity contribution in [2.75, 3.05) is 11.5 Å². The Hall–Kier alpha value is -0.380. The highest BCUT2D eigenvalue weighted by Crippen LogP contribution is 2.34. The third-order valence-electron chi connectivity index (χ3n) is 2.54. The summed E-state index contributed by atoms with van der Waals surface area (Å²) in [5, 5.41) is 3.96. The lowest BCUT2D eigenvalue weighted by atomic mass is 9.92. The van der Waals surface area contributed by atoms with E-state index in [1.165, 1.54) is 0 Å². The van der Waals surface area contributed by atoms with E-state index in [1.807, 2.05) is 6.92 Å². The lowest BCUT2D eigenvalue weighted by molar-refractivity contribution is -0.0251. The van der Waals surface area contributed by atoms with Crippen LogP contribution in [0.1, 0.15) is 26.2 Å². The van der Waals surface area contributed by atoms with E-state index in [1.54, 1.807) is 0 Å². The topological polar surface area (TPSA) is 38.7 Å². The van der Waals surface area contributed by atoms with Crippen molar-refractivity contribution >= 4 is 16.5 Å². The molecule has 0 aromatic heterocycles. The van der Waals surface area contributed by atoms with Crippen molar-refractivity contribution in [3.05, 3.63) is 0 Å². The maximum Gasteiger partial charge on any atom is 0.144 e. The standard InChI is InChI=1S/C8H13NO2S/c1-7-6-8(11-9-7)2-4-12(10)5-3-8/h2-6H2,1H3. The molecule has 12 heavy (non-hydrogen) atoms. The maximum absolute atomic E-state index is 11.1. The Labute approximate surface area is 74.6 Å². The summed E-state index contributed by atoms with van der Waals surface area (Å²) >= 11 is 0. The second-order valence-corrected chi connectivity index (χ2v) is 5.32. The van der Waals surface area contributed by atoms with Crippen LogP contribution in [0.5, 0.6) is 0 Å². The van der Waals surface area contributed by atoms with Crippen molar-refractivity contribution in [1.82, 2.24) is 0 Å². The summed E-state index contributed by atoms with van der Waals surface area (Å²) in [7, 11) is -0.604. The summed E-state index contributed by atoms with van der Waals surface area (Å²) < 4.78 is 11.1. The lowest BCUT2D eigenvalue weighted by Crippen LogP contribution is -2.37. The van der Waals surface area contributed by atoms with E-state index in [4.69, 9.17) is 4.84 Å². The minimum Gasteiger partial charge on any atom is -0.389 e. The Balaban J connectivity index is 2.02. The number of hydrogen-bond donors (Lipinski definition) is 0. The van der Waals surface area contributed by atoms with Crippen LogP contribution in [-0.2, 0) is 15.6 Å². The summed E-state index contributed by atoms with van der Waals surface area (Å²) in [5.74, 6) is 1.56. The smallest absolute Gasteiger partial charge is 0.144 e. The molecule has 0 radical (unpaired) electrons. The first-order chi connectivity index (χ1) is 5.70. The van der Waals surface area contributed by atoms with Crippen molar-refractivity contribution in [2.24, 2.45) is 5.16 Å². The van der Waals surface area contributed by atoms with Gasteiger partial charge in [0, 0.05) is 41.6 Å². The molecule has 0 aliphatic carbocycles. The van der Waals surface area contributed by atoms with Crippen LogP contribution in [0, 0.1) is 0 Å². The molecule has 2 aliphatic heterocycles. The molecule has 0 aromatic carbocycles. The monoisotopic (exact) mass is 187 g/mol. The van der Waals surface area contributed by atoms with Crippen LogP contribution in [0.2, 0.25) is 0 Å². The lowest BCUT2D eigenvalue weighted by Gasteiger charge is -2.29. The molecule has 4 heteroatoms. The Kier molecular flexibility index (Phi) is 1.94. The van der Waals surface area contributed by atoms with Gasteiger partial charge in [-0.15, -0.1) is 0 Å². The predicted molar refractivity (Wildman–Crippen MR) is 48.7 cm³/mol. The van der Waals surface area contributed by atoms with Crippen LogP contribution in [-0.4, -0.2) is 27.0 Å². The summed E-state index contributed by atoms with van der Waals surface area (Å²) in [4.78, 5) is 5.40. The van der Waals surface area contributed by atoms with Gasteiger partial charge in [-0.1, -0.05) is 5.16 Å². The van der Waals surface area contributed by atoms with Gasteiger partial charge < -0.3 is 4.84 Å². The van der Waals surface area contributed by atoms with Gasteiger partial charge in [0.15, 0.2) is 0 Å². The highest BCUT2D eigenvalue weighted by Gasteiger charge is 2.40. The molecule has 1 spiro atoms. The van der Waals surface area contributed by atoms with Gasteiger partial charge in [-0.3, -0.25) is 4.21 Å². The van der Waals surface area contributed by atoms with E-state index in [0.29, 0.717) is 0 Å². The van der Waals surface area contributed by atoms with Crippen molar-refractivity contribution in [1.29, 1.82) is 0 Å². The van der Waals surface area contributed by atoms with Gasteiger partial charge in [-0.2, -0.15) is 0 Å². The third-order valence-corrected chi connectivity index (χ3v) is 3.86. The molecule has 0 bridgehead atoms. The summed E-state index contributed by atoms with van der Waals surface area (Å²) in [5.41, 5.74) is 1.00. The fourth-order valence-corrected chi connectivity index (χ4v) is 3.20. The van der Waals surface area contributed by atoms with E-state index in [9.17, 15) is 4.21 Å². The molecule has 1 fully saturated rings. The zero-order valence-electron chi connectivity index (χ0n) is 7.21. The first kappa shape index (κ1) is 8.23. The van der Waals surface area contributed by atoms with Gasteiger partial charge in [0.05, 0.1) is 5.71 Å². The number of nitrogens with zero attached hydrogens (tertiary/aromatic N) is 1. The third kappa shape index (κ3) is 1.40. The SMILES string of the molecule is CC1=NOC2(CCS(=O)CC2)C1. The molecule has 3 nitrogen and oxygen atoms in total. The molecule has 0 amide bonds. The summed E-state index contributed by atoms with van der Waals surface area (Å²) in [6, 6.07) is 0. The Bertz CT molecular complexity index is 239. The molecular formula is C8H13NO2S. The summed E-state index contributed by atoms with van der Waals surface area (Å²) in [6.45, 7) is 1.99. The molecule has 0 N–H and O–H groups in total. The largest absolute Gasteiger partial charge is 0.389 e. The fraction of sp³-hybridized carbons (Fsp3) is 0.875. The van der Waals surface area contributed by atoms with Gasteiger partial charge in [-0.25, -0.2) is 0 Å². The van der Waals surface area contributed by atoms with Gasteiger partial charge >= 0.3 is 0 Å². The highest BCUT2D eigenvalue weighted by atomic mass is 32.2. The van der Waals surface area contributed by atoms with Gasteiger partial charge in [0.25, 0.3) is 0 Å². The van der Waals surface area contributed by atoms with Crippen LogP contribution in [0.4, 0.5) is 0 Å². The minimum absolute atomic E-state index is 0.0714. The Morgan fingerprint density at radius 2 is 2.17 bits per heavy atom. The first-order valence-electron chi connectivity index (χ1n) is 4.27. The van der Waals surface area contributed by atoms with Gasteiger partial charge in [0.1, 0.15) is 5.60 Å². The van der Waals surface area contributed by atoms with Crippen LogP contribution < -0.4 is 0 Å². The second-order valence-electron chi connectivity index (χ2n) is 3.63. The van der Waals surface area contributed by atoms with E-state index in [0.717, 1.165) is 36.5 Å². The molecule has 2 heterocycles. The minimum atomic E-state index is -0.604. The fourth-order valence-electron chi connectivity index (χ4n) is 1.80. The second kappa shape index (κ2) is 2.83. The Morgan fingerprint density at radius 1 is 1.50 bits per heavy atom. The highest BCUT2D eigenvalue weighted by molar-refractivity contribution is 7.85. The van der Waals surface area contributed by atoms with Gasteiger partial charge in [-0.05, 0) is 6.92 Å². The van der Waals surface area contributed by atoms with Crippen LogP contribution in [0.15, 0.2) is 5.16 Å². The maximum atomic E-state index is 11.1. The Morgan fingerprint density at radius 3 is 2.67 bits per heavy atom. The molecule has 0 atom stereocenters. The van der Waals surface area contributed by atoms with Crippen LogP contribution in [0.25, 0.3) is 0 Å². The van der Waals surface area contributed by atoms with E-state index in [-0.39, 0.29) is 5.60 Å². The van der Waals surface area contributed by atoms with Crippen LogP contribution >= 0.6 is 0 Å². The van der Waals surface area contributed by atoms with Crippen molar-refractivity contribution in [3.8, 4) is 0 Å². The molecule has 0 unspecified atom stereocenters. The van der Waals surface area contributed by atoms with Crippen molar-refractivity contribution in [3.63, 3.8) is 0 Å². The number of rotatable bonds is 0. The first-order valence-corrected chi connectivity index (χ1v) is 5.76. The average Bonchev–Trinajstić information content (AvgIpc) is 2.40. The number of hydrogen-bond acceptors (Lipinski definition) is 3. The molecule has 2 rings (SSSR count). The molecule has 2 aliphatic rings. The normalized spacial score (nSPS) is 41.1. The van der Waals surface area contributed by atoms with Gasteiger partial charge in [0.2, 0.25) is 0 Å². The van der Waals surface area contributed by atoms with E-state index < -0.39 is 10.8 Å². The quantitative estimate of drug-likeness (QED) is 0.569. The van der Waals surface area contributed by atoms with Crippen molar-refractivity contribution < 1.29 is 9.05 Å². The number of oxime groups is 1. The molecule has 0 saturated carbocycles. The predicted octanol–water partition coefficient (Wildman–Crippen LogP) is 1.06. The molecule has 68 valence electrons. The van der Waals surface area contributed by atoms with E-state index >= 15 is 0 Å². The molecular weight excluding hydrogens is 174 g/mol. The average molecular weight is 187 g/mol. The zero-order chi connectivity index (χ0) is 8.60. The van der Waals surface area contributed by atoms with Crippen LogP contribution in [0.3, 0.4) is 0 Å². The van der Waals surface area contributed by atoms with E-state index in [2.05, 4.69) is 5.16 Å². The summed E-state index contributed by atoms with van der Waals surface area (Å²) in [6.07, 6.45) is 2.74. The van der Waals surface area contributed by atoms with Crippen molar-refractivity contribution in [2.45, 2.75) is 31.8 Å². The molecule has 0 aromatic rings. The zero-order valence-corrected chi connectivity index (χ0v) is 8.02. The molecule has 1 saturated heterocycles.